The Kier molecular flexibility index (Phi) is 7.80. The van der Waals surface area contributed by atoms with Gasteiger partial charge in [-0.25, -0.2) is 4.98 Å². The maximum absolute atomic E-state index is 10.2. The van der Waals surface area contributed by atoms with Gasteiger partial charge in [0.15, 0.2) is 5.76 Å². The molecular weight excluding hydrogens is 430 g/mol. The molecule has 4 rings (SSSR count). The van der Waals surface area contributed by atoms with Crippen molar-refractivity contribution in [3.05, 3.63) is 53.8 Å². The molecule has 2 fully saturated rings. The summed E-state index contributed by atoms with van der Waals surface area (Å²) in [5.74, 6) is 2.05. The van der Waals surface area contributed by atoms with E-state index in [1.807, 2.05) is 18.3 Å². The minimum absolute atomic E-state index is 0.218. The van der Waals surface area contributed by atoms with Crippen LogP contribution in [0.1, 0.15) is 58.1 Å². The zero-order valence-electron chi connectivity index (χ0n) is 20.0. The summed E-state index contributed by atoms with van der Waals surface area (Å²) in [6.07, 6.45) is 11.6. The molecule has 8 heteroatoms. The van der Waals surface area contributed by atoms with Crippen LogP contribution in [-0.2, 0) is 10.3 Å². The average molecular weight is 466 g/mol. The van der Waals surface area contributed by atoms with E-state index in [4.69, 9.17) is 20.2 Å². The maximum atomic E-state index is 10.2. The number of aliphatic imine (C=N–C) groups is 1. The Morgan fingerprint density at radius 1 is 1.15 bits per heavy atom. The first-order valence-electron chi connectivity index (χ1n) is 12.1. The number of nitrogens with two attached hydrogens (primary N) is 1. The van der Waals surface area contributed by atoms with E-state index in [0.29, 0.717) is 42.3 Å². The molecular formula is C26H35N5O3. The first kappa shape index (κ1) is 24.2. The molecule has 1 aliphatic heterocycles. The number of nitrogens with zero attached hydrogens (tertiary/aromatic N) is 3. The van der Waals surface area contributed by atoms with E-state index in [2.05, 4.69) is 15.3 Å². The molecule has 4 N–H and O–H groups in total. The topological polar surface area (TPSA) is 115 Å². The third kappa shape index (κ3) is 6.55. The van der Waals surface area contributed by atoms with Crippen LogP contribution >= 0.6 is 0 Å². The molecule has 0 aromatic carbocycles. The minimum Gasteiger partial charge on any atom is -0.454 e. The number of hydrogen-bond donors (Lipinski definition) is 3. The number of allylic oxidation sites excluding steroid dienone is 2. The maximum Gasteiger partial charge on any atom is 0.164 e. The lowest BCUT2D eigenvalue weighted by atomic mass is 9.96. The second-order valence-electron chi connectivity index (χ2n) is 9.52. The molecule has 8 nitrogen and oxygen atoms in total. The highest BCUT2D eigenvalue weighted by molar-refractivity contribution is 5.78. The SMILES string of the molecule is CC(C)(O)c1cc(Nc2cc(OC(C=NC3CCCC3)=C(N)C3CCOCC3)ccn2)ccn1. The Hall–Kier alpha value is -2.97. The molecule has 3 heterocycles. The number of anilines is 2. The number of nitrogens with one attached hydrogen (secondary N) is 1. The van der Waals surface area contributed by atoms with Crippen molar-refractivity contribution in [3.8, 4) is 5.75 Å². The molecule has 0 atom stereocenters. The molecule has 34 heavy (non-hydrogen) atoms. The summed E-state index contributed by atoms with van der Waals surface area (Å²) < 4.78 is 11.8. The van der Waals surface area contributed by atoms with Crippen LogP contribution in [-0.4, -0.2) is 40.5 Å². The predicted molar refractivity (Wildman–Crippen MR) is 133 cm³/mol. The average Bonchev–Trinajstić information content (AvgIpc) is 3.35. The lowest BCUT2D eigenvalue weighted by molar-refractivity contribution is 0.0738. The Morgan fingerprint density at radius 2 is 1.88 bits per heavy atom. The smallest absolute Gasteiger partial charge is 0.164 e. The molecule has 1 saturated heterocycles. The highest BCUT2D eigenvalue weighted by Gasteiger charge is 2.21. The molecule has 0 spiro atoms. The molecule has 0 amide bonds. The number of aliphatic hydroxyl groups is 1. The van der Waals surface area contributed by atoms with Crippen molar-refractivity contribution < 1.29 is 14.6 Å². The third-order valence-corrected chi connectivity index (χ3v) is 6.29. The standard InChI is InChI=1S/C26H35N5O3/c1-26(2,32)23-15-20(7-11-28-23)31-24-16-21(8-12-29-24)34-22(17-30-19-5-3-4-6-19)25(27)18-9-13-33-14-10-18/h7-8,11-12,15-19,32H,3-6,9-10,13-14,27H2,1-2H3,(H,28,29,31). The fourth-order valence-electron chi connectivity index (χ4n) is 4.26. The first-order chi connectivity index (χ1) is 16.4. The summed E-state index contributed by atoms with van der Waals surface area (Å²) in [7, 11) is 0. The monoisotopic (exact) mass is 465 g/mol. The summed E-state index contributed by atoms with van der Waals surface area (Å²) in [5.41, 5.74) is 7.63. The Balaban J connectivity index is 1.54. The van der Waals surface area contributed by atoms with Crippen molar-refractivity contribution in [1.82, 2.24) is 9.97 Å². The lowest BCUT2D eigenvalue weighted by Gasteiger charge is -2.24. The second-order valence-corrected chi connectivity index (χ2v) is 9.52. The van der Waals surface area contributed by atoms with Gasteiger partial charge in [0.05, 0.1) is 23.6 Å². The van der Waals surface area contributed by atoms with Crippen molar-refractivity contribution in [2.75, 3.05) is 18.5 Å². The normalized spacial score (nSPS) is 18.8. The van der Waals surface area contributed by atoms with E-state index in [0.717, 1.165) is 37.1 Å². The Morgan fingerprint density at radius 3 is 2.62 bits per heavy atom. The van der Waals surface area contributed by atoms with Crippen LogP contribution < -0.4 is 15.8 Å². The second kappa shape index (κ2) is 11.0. The number of aromatic nitrogens is 2. The van der Waals surface area contributed by atoms with Gasteiger partial charge in [0.1, 0.15) is 17.2 Å². The van der Waals surface area contributed by atoms with E-state index in [9.17, 15) is 5.11 Å². The summed E-state index contributed by atoms with van der Waals surface area (Å²) in [4.78, 5) is 13.4. The Labute approximate surface area is 201 Å². The van der Waals surface area contributed by atoms with E-state index in [1.165, 1.54) is 12.8 Å². The summed E-state index contributed by atoms with van der Waals surface area (Å²) >= 11 is 0. The third-order valence-electron chi connectivity index (χ3n) is 6.29. The number of pyridine rings is 2. The summed E-state index contributed by atoms with van der Waals surface area (Å²) in [6, 6.07) is 7.60. The van der Waals surface area contributed by atoms with Gasteiger partial charge < -0.3 is 25.6 Å². The molecule has 1 aliphatic carbocycles. The quantitative estimate of drug-likeness (QED) is 0.390. The molecule has 2 aliphatic rings. The first-order valence-corrected chi connectivity index (χ1v) is 12.1. The van der Waals surface area contributed by atoms with Crippen LogP contribution in [0, 0.1) is 5.92 Å². The summed E-state index contributed by atoms with van der Waals surface area (Å²) in [5, 5.41) is 13.5. The van der Waals surface area contributed by atoms with Gasteiger partial charge in [-0.1, -0.05) is 12.8 Å². The highest BCUT2D eigenvalue weighted by Crippen LogP contribution is 2.27. The molecule has 0 radical (unpaired) electrons. The predicted octanol–water partition coefficient (Wildman–Crippen LogP) is 4.44. The number of ether oxygens (including phenoxy) is 2. The van der Waals surface area contributed by atoms with Crippen LogP contribution in [0.4, 0.5) is 11.5 Å². The van der Waals surface area contributed by atoms with Gasteiger partial charge in [0.25, 0.3) is 0 Å². The van der Waals surface area contributed by atoms with E-state index >= 15 is 0 Å². The van der Waals surface area contributed by atoms with Gasteiger partial charge in [-0.2, -0.15) is 0 Å². The van der Waals surface area contributed by atoms with Gasteiger partial charge in [0.2, 0.25) is 0 Å². The minimum atomic E-state index is -1.03. The van der Waals surface area contributed by atoms with Crippen molar-refractivity contribution >= 4 is 17.7 Å². The number of hydrogen-bond acceptors (Lipinski definition) is 8. The van der Waals surface area contributed by atoms with Crippen molar-refractivity contribution in [1.29, 1.82) is 0 Å². The fraction of sp³-hybridized carbons (Fsp3) is 0.500. The van der Waals surface area contributed by atoms with Crippen molar-refractivity contribution in [2.24, 2.45) is 16.6 Å². The lowest BCUT2D eigenvalue weighted by Crippen LogP contribution is -2.24. The molecule has 182 valence electrons. The summed E-state index contributed by atoms with van der Waals surface area (Å²) in [6.45, 7) is 4.83. The number of rotatable bonds is 8. The van der Waals surface area contributed by atoms with Gasteiger partial charge >= 0.3 is 0 Å². The molecule has 2 aromatic rings. The van der Waals surface area contributed by atoms with Gasteiger partial charge in [-0.05, 0) is 57.7 Å². The molecule has 2 aromatic heterocycles. The Bertz CT molecular complexity index is 1020. The highest BCUT2D eigenvalue weighted by atomic mass is 16.5. The van der Waals surface area contributed by atoms with Crippen molar-refractivity contribution in [3.63, 3.8) is 0 Å². The van der Waals surface area contributed by atoms with Crippen LogP contribution in [0.2, 0.25) is 0 Å². The van der Waals surface area contributed by atoms with E-state index in [-0.39, 0.29) is 5.92 Å². The van der Waals surface area contributed by atoms with Gasteiger partial charge in [-0.15, -0.1) is 0 Å². The van der Waals surface area contributed by atoms with Crippen LogP contribution in [0.25, 0.3) is 0 Å². The fourth-order valence-corrected chi connectivity index (χ4v) is 4.26. The molecule has 0 unspecified atom stereocenters. The zero-order valence-corrected chi connectivity index (χ0v) is 20.0. The molecule has 1 saturated carbocycles. The van der Waals surface area contributed by atoms with Crippen molar-refractivity contribution in [2.45, 2.75) is 64.0 Å². The van der Waals surface area contributed by atoms with E-state index < -0.39 is 5.60 Å². The van der Waals surface area contributed by atoms with Crippen LogP contribution in [0.15, 0.2) is 53.1 Å². The van der Waals surface area contributed by atoms with E-state index in [1.54, 1.807) is 38.4 Å². The van der Waals surface area contributed by atoms with Gasteiger partial charge in [0, 0.05) is 43.3 Å². The largest absolute Gasteiger partial charge is 0.454 e. The van der Waals surface area contributed by atoms with Crippen LogP contribution in [0.3, 0.4) is 0 Å². The van der Waals surface area contributed by atoms with Gasteiger partial charge in [-0.3, -0.25) is 9.98 Å². The van der Waals surface area contributed by atoms with Crippen LogP contribution in [0.5, 0.6) is 5.75 Å². The molecule has 0 bridgehead atoms. The zero-order chi connectivity index (χ0) is 24.0.